The van der Waals surface area contributed by atoms with Gasteiger partial charge in [-0.15, -0.1) is 0 Å². The van der Waals surface area contributed by atoms with Crippen molar-refractivity contribution in [2.75, 3.05) is 13.7 Å². The van der Waals surface area contributed by atoms with E-state index in [-0.39, 0.29) is 5.91 Å². The minimum absolute atomic E-state index is 0.0514. The topological polar surface area (TPSA) is 38.3 Å². The summed E-state index contributed by atoms with van der Waals surface area (Å²) < 4.78 is 5.22. The quantitative estimate of drug-likeness (QED) is 0.885. The third-order valence-corrected chi connectivity index (χ3v) is 3.40. The molecule has 0 aliphatic rings. The van der Waals surface area contributed by atoms with Gasteiger partial charge in [0.25, 0.3) is 0 Å². The minimum Gasteiger partial charge on any atom is -0.496 e. The highest BCUT2D eigenvalue weighted by Gasteiger charge is 2.05. The van der Waals surface area contributed by atoms with Crippen molar-refractivity contribution >= 4 is 5.91 Å². The molecule has 3 heteroatoms. The monoisotopic (exact) mass is 283 g/mol. The summed E-state index contributed by atoms with van der Waals surface area (Å²) in [5.41, 5.74) is 3.29. The van der Waals surface area contributed by atoms with Gasteiger partial charge in [-0.25, -0.2) is 0 Å². The van der Waals surface area contributed by atoms with E-state index >= 15 is 0 Å². The molecule has 0 aliphatic carbocycles. The van der Waals surface area contributed by atoms with Crippen molar-refractivity contribution in [3.8, 4) is 5.75 Å². The van der Waals surface area contributed by atoms with Gasteiger partial charge < -0.3 is 10.1 Å². The number of carbonyl (C=O) groups excluding carboxylic acids is 1. The van der Waals surface area contributed by atoms with Gasteiger partial charge in [0.1, 0.15) is 5.75 Å². The Morgan fingerprint density at radius 3 is 2.52 bits per heavy atom. The Bertz CT molecular complexity index is 593. The Balaban J connectivity index is 1.80. The summed E-state index contributed by atoms with van der Waals surface area (Å²) >= 11 is 0. The smallest absolute Gasteiger partial charge is 0.224 e. The molecule has 0 saturated carbocycles. The van der Waals surface area contributed by atoms with E-state index in [1.165, 1.54) is 5.56 Å². The molecule has 1 amide bonds. The minimum atomic E-state index is 0.0514. The van der Waals surface area contributed by atoms with Gasteiger partial charge >= 0.3 is 0 Å². The van der Waals surface area contributed by atoms with Crippen LogP contribution in [-0.4, -0.2) is 19.6 Å². The Kier molecular flexibility index (Phi) is 5.38. The van der Waals surface area contributed by atoms with Crippen LogP contribution in [0, 0.1) is 6.92 Å². The van der Waals surface area contributed by atoms with Gasteiger partial charge in [-0.3, -0.25) is 4.79 Å². The zero-order valence-electron chi connectivity index (χ0n) is 12.6. The molecule has 0 aromatic heterocycles. The van der Waals surface area contributed by atoms with Crippen LogP contribution in [-0.2, 0) is 17.6 Å². The van der Waals surface area contributed by atoms with Crippen molar-refractivity contribution in [2.45, 2.75) is 19.8 Å². The molecule has 0 fully saturated rings. The maximum absolute atomic E-state index is 11.9. The highest BCUT2D eigenvalue weighted by molar-refractivity contribution is 5.78. The molecule has 2 rings (SSSR count). The number of amides is 1. The average molecular weight is 283 g/mol. The van der Waals surface area contributed by atoms with Gasteiger partial charge in [-0.2, -0.15) is 0 Å². The predicted octanol–water partition coefficient (Wildman–Crippen LogP) is 2.91. The molecule has 0 radical (unpaired) electrons. The van der Waals surface area contributed by atoms with Crippen LogP contribution in [0.3, 0.4) is 0 Å². The number of methoxy groups -OCH3 is 1. The number of rotatable bonds is 6. The first-order chi connectivity index (χ1) is 10.2. The summed E-state index contributed by atoms with van der Waals surface area (Å²) in [6.07, 6.45) is 1.26. The molecular weight excluding hydrogens is 262 g/mol. The molecule has 0 atom stereocenters. The Morgan fingerprint density at radius 1 is 1.10 bits per heavy atom. The molecule has 0 spiro atoms. The molecule has 0 saturated heterocycles. The second kappa shape index (κ2) is 7.48. The highest BCUT2D eigenvalue weighted by atomic mass is 16.5. The van der Waals surface area contributed by atoms with Crippen molar-refractivity contribution in [2.24, 2.45) is 0 Å². The van der Waals surface area contributed by atoms with E-state index in [9.17, 15) is 4.79 Å². The lowest BCUT2D eigenvalue weighted by Crippen LogP contribution is -2.27. The van der Waals surface area contributed by atoms with Crippen LogP contribution >= 0.6 is 0 Å². The third kappa shape index (κ3) is 4.63. The molecule has 21 heavy (non-hydrogen) atoms. The van der Waals surface area contributed by atoms with E-state index < -0.39 is 0 Å². The number of carbonyl (C=O) groups is 1. The molecule has 3 nitrogen and oxygen atoms in total. The lowest BCUT2D eigenvalue weighted by molar-refractivity contribution is -0.120. The highest BCUT2D eigenvalue weighted by Crippen LogP contribution is 2.18. The molecule has 110 valence electrons. The Hall–Kier alpha value is -2.29. The number of hydrogen-bond donors (Lipinski definition) is 1. The van der Waals surface area contributed by atoms with Gasteiger partial charge in [0.2, 0.25) is 5.91 Å². The van der Waals surface area contributed by atoms with Crippen LogP contribution in [0.1, 0.15) is 16.7 Å². The van der Waals surface area contributed by atoms with Crippen molar-refractivity contribution in [1.82, 2.24) is 5.32 Å². The lowest BCUT2D eigenvalue weighted by Gasteiger charge is -2.08. The molecular formula is C18H21NO2. The third-order valence-electron chi connectivity index (χ3n) is 3.40. The number of nitrogens with one attached hydrogen (secondary N) is 1. The number of hydrogen-bond acceptors (Lipinski definition) is 2. The fourth-order valence-corrected chi connectivity index (χ4v) is 2.29. The molecule has 0 bridgehead atoms. The SMILES string of the molecule is COc1ccc(CC(=O)NCCc2ccccc2)cc1C. The molecule has 2 aromatic rings. The first-order valence-corrected chi connectivity index (χ1v) is 7.13. The maximum Gasteiger partial charge on any atom is 0.224 e. The number of benzene rings is 2. The molecule has 0 aliphatic heterocycles. The first kappa shape index (κ1) is 15.1. The second-order valence-corrected chi connectivity index (χ2v) is 5.07. The van der Waals surface area contributed by atoms with E-state index in [1.54, 1.807) is 7.11 Å². The van der Waals surface area contributed by atoms with Crippen molar-refractivity contribution in [3.63, 3.8) is 0 Å². The van der Waals surface area contributed by atoms with Crippen molar-refractivity contribution in [3.05, 3.63) is 65.2 Å². The summed E-state index contributed by atoms with van der Waals surface area (Å²) in [6, 6.07) is 16.0. The van der Waals surface area contributed by atoms with Crippen LogP contribution in [0.4, 0.5) is 0 Å². The number of aryl methyl sites for hydroxylation is 1. The molecule has 2 aromatic carbocycles. The zero-order chi connectivity index (χ0) is 15.1. The van der Waals surface area contributed by atoms with Gasteiger partial charge in [0.15, 0.2) is 0 Å². The van der Waals surface area contributed by atoms with E-state index in [0.717, 1.165) is 23.3 Å². The molecule has 0 unspecified atom stereocenters. The van der Waals surface area contributed by atoms with Crippen LogP contribution in [0.25, 0.3) is 0 Å². The van der Waals surface area contributed by atoms with E-state index in [1.807, 2.05) is 43.3 Å². The average Bonchev–Trinajstić information content (AvgIpc) is 2.48. The van der Waals surface area contributed by atoms with Crippen LogP contribution in [0.2, 0.25) is 0 Å². The molecule has 0 heterocycles. The van der Waals surface area contributed by atoms with Crippen molar-refractivity contribution in [1.29, 1.82) is 0 Å². The lowest BCUT2D eigenvalue weighted by atomic mass is 10.1. The van der Waals surface area contributed by atoms with Crippen LogP contribution in [0.15, 0.2) is 48.5 Å². The first-order valence-electron chi connectivity index (χ1n) is 7.13. The van der Waals surface area contributed by atoms with Gasteiger partial charge in [-0.1, -0.05) is 42.5 Å². The second-order valence-electron chi connectivity index (χ2n) is 5.07. The van der Waals surface area contributed by atoms with Gasteiger partial charge in [0, 0.05) is 6.54 Å². The summed E-state index contributed by atoms with van der Waals surface area (Å²) in [5.74, 6) is 0.902. The van der Waals surface area contributed by atoms with Crippen LogP contribution < -0.4 is 10.1 Å². The standard InChI is InChI=1S/C18H21NO2/c1-14-12-16(8-9-17(14)21-2)13-18(20)19-11-10-15-6-4-3-5-7-15/h3-9,12H,10-11,13H2,1-2H3,(H,19,20). The number of ether oxygens (including phenoxy) is 1. The fourth-order valence-electron chi connectivity index (χ4n) is 2.29. The van der Waals surface area contributed by atoms with Gasteiger partial charge in [0.05, 0.1) is 13.5 Å². The normalized spacial score (nSPS) is 10.2. The largest absolute Gasteiger partial charge is 0.496 e. The summed E-state index contributed by atoms with van der Waals surface area (Å²) in [5, 5.41) is 2.96. The summed E-state index contributed by atoms with van der Waals surface area (Å²) in [4.78, 5) is 11.9. The fraction of sp³-hybridized carbons (Fsp3) is 0.278. The zero-order valence-corrected chi connectivity index (χ0v) is 12.6. The van der Waals surface area contributed by atoms with E-state index in [4.69, 9.17) is 4.74 Å². The van der Waals surface area contributed by atoms with Gasteiger partial charge in [-0.05, 0) is 36.1 Å². The predicted molar refractivity (Wildman–Crippen MR) is 84.6 cm³/mol. The van der Waals surface area contributed by atoms with E-state index in [2.05, 4.69) is 17.4 Å². The maximum atomic E-state index is 11.9. The Labute approximate surface area is 126 Å². The van der Waals surface area contributed by atoms with Crippen LogP contribution in [0.5, 0.6) is 5.75 Å². The van der Waals surface area contributed by atoms with Crippen molar-refractivity contribution < 1.29 is 9.53 Å². The van der Waals surface area contributed by atoms with E-state index in [0.29, 0.717) is 13.0 Å². The summed E-state index contributed by atoms with van der Waals surface area (Å²) in [7, 11) is 1.65. The molecule has 1 N–H and O–H groups in total. The summed E-state index contributed by atoms with van der Waals surface area (Å²) in [6.45, 7) is 2.65. The Morgan fingerprint density at radius 2 is 1.86 bits per heavy atom.